The molecular weight excluding hydrogens is 352 g/mol. The first-order valence-corrected chi connectivity index (χ1v) is 8.17. The minimum atomic E-state index is -0.464. The van der Waals surface area contributed by atoms with Gasteiger partial charge in [0.15, 0.2) is 11.7 Å². The highest BCUT2D eigenvalue weighted by atomic mass is 35.5. The Hall–Kier alpha value is -2.12. The van der Waals surface area contributed by atoms with Gasteiger partial charge in [0.2, 0.25) is 0 Å². The number of halogens is 1. The number of nitrogens with one attached hydrogen (secondary N) is 1. The predicted molar refractivity (Wildman–Crippen MR) is 94.7 cm³/mol. The van der Waals surface area contributed by atoms with Crippen LogP contribution in [0.3, 0.4) is 0 Å². The summed E-state index contributed by atoms with van der Waals surface area (Å²) in [5.41, 5.74) is 1.10. The Kier molecular flexibility index (Phi) is 6.16. The van der Waals surface area contributed by atoms with Crippen molar-refractivity contribution in [1.82, 2.24) is 10.2 Å². The molecule has 1 aliphatic rings. The number of ether oxygens (including phenoxy) is 2. The zero-order valence-electron chi connectivity index (χ0n) is 13.3. The summed E-state index contributed by atoms with van der Waals surface area (Å²) in [5, 5.41) is 3.59. The predicted octanol–water partition coefficient (Wildman–Crippen LogP) is 2.36. The molecular formula is C16H17ClN2O4S. The van der Waals surface area contributed by atoms with Crippen LogP contribution in [-0.2, 0) is 14.3 Å². The number of hydrogen-bond acceptors (Lipinski definition) is 5. The first-order valence-electron chi connectivity index (χ1n) is 7.38. The van der Waals surface area contributed by atoms with Crippen LogP contribution in [0, 0.1) is 0 Å². The van der Waals surface area contributed by atoms with Gasteiger partial charge in [-0.25, -0.2) is 4.79 Å². The Morgan fingerprint density at radius 1 is 1.42 bits per heavy atom. The van der Waals surface area contributed by atoms with E-state index in [0.29, 0.717) is 40.3 Å². The minimum Gasteiger partial charge on any atom is -0.480 e. The van der Waals surface area contributed by atoms with Crippen LogP contribution in [0.25, 0.3) is 6.08 Å². The van der Waals surface area contributed by atoms with Gasteiger partial charge in [0.1, 0.15) is 11.4 Å². The zero-order chi connectivity index (χ0) is 17.7. The molecule has 0 aliphatic carbocycles. The maximum atomic E-state index is 12.1. The molecule has 6 nitrogen and oxygen atoms in total. The second-order valence-corrected chi connectivity index (χ2v) is 5.62. The highest BCUT2D eigenvalue weighted by Gasteiger charge is 2.28. The van der Waals surface area contributed by atoms with Crippen LogP contribution in [0.1, 0.15) is 19.4 Å². The monoisotopic (exact) mass is 368 g/mol. The molecule has 0 unspecified atom stereocenters. The largest absolute Gasteiger partial charge is 0.480 e. The fourth-order valence-corrected chi connectivity index (χ4v) is 2.65. The molecule has 1 aromatic carbocycles. The highest BCUT2D eigenvalue weighted by molar-refractivity contribution is 7.80. The molecule has 1 aromatic rings. The molecule has 0 saturated carbocycles. The lowest BCUT2D eigenvalue weighted by atomic mass is 10.2. The van der Waals surface area contributed by atoms with E-state index >= 15 is 0 Å². The van der Waals surface area contributed by atoms with Gasteiger partial charge >= 0.3 is 5.97 Å². The maximum absolute atomic E-state index is 12.1. The summed E-state index contributed by atoms with van der Waals surface area (Å²) in [7, 11) is 0. The molecule has 0 aromatic heterocycles. The third-order valence-electron chi connectivity index (χ3n) is 3.20. The highest BCUT2D eigenvalue weighted by Crippen LogP contribution is 2.27. The van der Waals surface area contributed by atoms with Crippen molar-refractivity contribution >= 4 is 46.9 Å². The third kappa shape index (κ3) is 4.24. The normalized spacial score (nSPS) is 15.6. The lowest BCUT2D eigenvalue weighted by molar-refractivity contribution is -0.145. The van der Waals surface area contributed by atoms with E-state index in [-0.39, 0.29) is 12.5 Å². The Labute approximate surface area is 150 Å². The average Bonchev–Trinajstić information content (AvgIpc) is 2.80. The molecule has 1 amide bonds. The van der Waals surface area contributed by atoms with Crippen molar-refractivity contribution in [1.29, 1.82) is 0 Å². The Morgan fingerprint density at radius 2 is 2.17 bits per heavy atom. The van der Waals surface area contributed by atoms with Crippen molar-refractivity contribution in [3.05, 3.63) is 34.5 Å². The molecule has 1 fully saturated rings. The number of rotatable bonds is 6. The summed E-state index contributed by atoms with van der Waals surface area (Å²) in [4.78, 5) is 24.9. The van der Waals surface area contributed by atoms with Crippen LogP contribution in [-0.4, -0.2) is 41.6 Å². The van der Waals surface area contributed by atoms with Gasteiger partial charge < -0.3 is 14.8 Å². The van der Waals surface area contributed by atoms with Gasteiger partial charge in [0.25, 0.3) is 5.91 Å². The molecule has 1 N–H and O–H groups in total. The first kappa shape index (κ1) is 18.2. The van der Waals surface area contributed by atoms with Gasteiger partial charge in [-0.1, -0.05) is 17.7 Å². The number of benzene rings is 1. The molecule has 8 heteroatoms. The molecule has 1 heterocycles. The molecule has 1 saturated heterocycles. The smallest absolute Gasteiger partial charge is 0.344 e. The molecule has 2 rings (SSSR count). The van der Waals surface area contributed by atoms with Crippen LogP contribution < -0.4 is 10.1 Å². The second kappa shape index (κ2) is 8.12. The number of carbonyl (C=O) groups excluding carboxylic acids is 2. The minimum absolute atomic E-state index is 0.179. The van der Waals surface area contributed by atoms with Crippen molar-refractivity contribution in [2.75, 3.05) is 19.8 Å². The SMILES string of the molecule is CCOC(=O)COc1ccc(/C=C2/NC(=S)N(CC)C2=O)cc1Cl. The third-order valence-corrected chi connectivity index (χ3v) is 3.81. The van der Waals surface area contributed by atoms with Crippen molar-refractivity contribution in [2.24, 2.45) is 0 Å². The summed E-state index contributed by atoms with van der Waals surface area (Å²) in [6.07, 6.45) is 1.66. The number of esters is 1. The van der Waals surface area contributed by atoms with Crippen LogP contribution in [0.15, 0.2) is 23.9 Å². The second-order valence-electron chi connectivity index (χ2n) is 4.82. The average molecular weight is 369 g/mol. The van der Waals surface area contributed by atoms with E-state index in [2.05, 4.69) is 5.32 Å². The van der Waals surface area contributed by atoms with Crippen molar-refractivity contribution in [3.63, 3.8) is 0 Å². The van der Waals surface area contributed by atoms with Gasteiger partial charge in [-0.2, -0.15) is 0 Å². The Morgan fingerprint density at radius 3 is 2.75 bits per heavy atom. The summed E-state index contributed by atoms with van der Waals surface area (Å²) >= 11 is 11.2. The number of nitrogens with zero attached hydrogens (tertiary/aromatic N) is 1. The van der Waals surface area contributed by atoms with E-state index in [0.717, 1.165) is 0 Å². The standard InChI is InChI=1S/C16H17ClN2O4S/c1-3-19-15(21)12(18-16(19)24)8-10-5-6-13(11(17)7-10)23-9-14(20)22-4-2/h5-8H,3-4,9H2,1-2H3,(H,18,24)/b12-8+. The van der Waals surface area contributed by atoms with E-state index in [1.807, 2.05) is 6.92 Å². The zero-order valence-corrected chi connectivity index (χ0v) is 14.9. The van der Waals surface area contributed by atoms with E-state index in [4.69, 9.17) is 33.3 Å². The van der Waals surface area contributed by atoms with Crippen molar-refractivity contribution in [2.45, 2.75) is 13.8 Å². The number of thiocarbonyl (C=S) groups is 1. The maximum Gasteiger partial charge on any atom is 0.344 e. The molecule has 128 valence electrons. The summed E-state index contributed by atoms with van der Waals surface area (Å²) < 4.78 is 10.1. The molecule has 0 spiro atoms. The Bertz CT molecular complexity index is 705. The number of likely N-dealkylation sites (N-methyl/N-ethyl adjacent to an activating group) is 1. The molecule has 0 atom stereocenters. The summed E-state index contributed by atoms with van der Waals surface area (Å²) in [5.74, 6) is -0.279. The van der Waals surface area contributed by atoms with Gasteiger partial charge in [-0.05, 0) is 49.8 Å². The number of carbonyl (C=O) groups is 2. The molecule has 0 radical (unpaired) electrons. The summed E-state index contributed by atoms with van der Waals surface area (Å²) in [6.45, 7) is 4.15. The number of hydrogen-bond donors (Lipinski definition) is 1. The van der Waals surface area contributed by atoms with Crippen LogP contribution in [0.2, 0.25) is 5.02 Å². The lowest BCUT2D eigenvalue weighted by Crippen LogP contribution is -2.30. The van der Waals surface area contributed by atoms with Gasteiger partial charge in [0, 0.05) is 6.54 Å². The van der Waals surface area contributed by atoms with E-state index in [1.165, 1.54) is 4.90 Å². The van der Waals surface area contributed by atoms with Gasteiger partial charge in [-0.15, -0.1) is 0 Å². The van der Waals surface area contributed by atoms with Crippen LogP contribution in [0.5, 0.6) is 5.75 Å². The molecule has 1 aliphatic heterocycles. The quantitative estimate of drug-likeness (QED) is 0.472. The fraction of sp³-hybridized carbons (Fsp3) is 0.312. The van der Waals surface area contributed by atoms with Crippen LogP contribution >= 0.6 is 23.8 Å². The fourth-order valence-electron chi connectivity index (χ4n) is 2.09. The van der Waals surface area contributed by atoms with Crippen molar-refractivity contribution < 1.29 is 19.1 Å². The Balaban J connectivity index is 2.10. The topological polar surface area (TPSA) is 67.9 Å². The molecule has 0 bridgehead atoms. The van der Waals surface area contributed by atoms with E-state index in [9.17, 15) is 9.59 Å². The van der Waals surface area contributed by atoms with E-state index < -0.39 is 5.97 Å². The lowest BCUT2D eigenvalue weighted by Gasteiger charge is -2.09. The van der Waals surface area contributed by atoms with Crippen LogP contribution in [0.4, 0.5) is 0 Å². The molecule has 24 heavy (non-hydrogen) atoms. The van der Waals surface area contributed by atoms with Crippen molar-refractivity contribution in [3.8, 4) is 5.75 Å². The first-order chi connectivity index (χ1) is 11.5. The number of amides is 1. The van der Waals surface area contributed by atoms with Gasteiger partial charge in [0.05, 0.1) is 11.6 Å². The summed E-state index contributed by atoms with van der Waals surface area (Å²) in [6, 6.07) is 5.00. The van der Waals surface area contributed by atoms with E-state index in [1.54, 1.807) is 31.2 Å². The van der Waals surface area contributed by atoms with Gasteiger partial charge in [-0.3, -0.25) is 9.69 Å².